The summed E-state index contributed by atoms with van der Waals surface area (Å²) >= 11 is 1.48. The number of rotatable bonds is 3. The highest BCUT2D eigenvalue weighted by molar-refractivity contribution is 7.15. The number of anilines is 1. The van der Waals surface area contributed by atoms with Gasteiger partial charge in [0.2, 0.25) is 0 Å². The van der Waals surface area contributed by atoms with Crippen LogP contribution in [0.4, 0.5) is 5.13 Å². The molecule has 0 fully saturated rings. The highest BCUT2D eigenvalue weighted by Gasteiger charge is 2.12. The van der Waals surface area contributed by atoms with Crippen molar-refractivity contribution in [2.24, 2.45) is 0 Å². The third-order valence-corrected chi connectivity index (χ3v) is 4.60. The quantitative estimate of drug-likeness (QED) is 0.796. The molecule has 0 aliphatic carbocycles. The van der Waals surface area contributed by atoms with Crippen molar-refractivity contribution in [2.45, 2.75) is 27.7 Å². The van der Waals surface area contributed by atoms with E-state index in [-0.39, 0.29) is 5.91 Å². The zero-order chi connectivity index (χ0) is 16.6. The van der Waals surface area contributed by atoms with Crippen LogP contribution in [0, 0.1) is 27.7 Å². The Labute approximate surface area is 139 Å². The van der Waals surface area contributed by atoms with Crippen molar-refractivity contribution in [2.75, 3.05) is 5.32 Å². The Hall–Kier alpha value is -2.47. The lowest BCUT2D eigenvalue weighted by Crippen LogP contribution is -2.12. The number of nitrogens with one attached hydrogen (secondary N) is 1. The fourth-order valence-corrected chi connectivity index (χ4v) is 3.17. The number of carbonyl (C=O) groups is 1. The van der Waals surface area contributed by atoms with Crippen molar-refractivity contribution in [3.63, 3.8) is 0 Å². The first-order chi connectivity index (χ1) is 10.9. The summed E-state index contributed by atoms with van der Waals surface area (Å²) in [6.07, 6.45) is 0. The van der Waals surface area contributed by atoms with E-state index in [1.165, 1.54) is 11.3 Å². The second-order valence-electron chi connectivity index (χ2n) is 5.50. The predicted octanol–water partition coefficient (Wildman–Crippen LogP) is 3.81. The van der Waals surface area contributed by atoms with Crippen molar-refractivity contribution < 1.29 is 4.79 Å². The number of carbonyl (C=O) groups excluding carboxylic acids is 1. The summed E-state index contributed by atoms with van der Waals surface area (Å²) in [4.78, 5) is 17.9. The average Bonchev–Trinajstić information content (AvgIpc) is 3.01. The summed E-state index contributed by atoms with van der Waals surface area (Å²) in [6, 6.07) is 9.43. The molecule has 0 saturated carbocycles. The molecule has 118 valence electrons. The second kappa shape index (κ2) is 5.96. The van der Waals surface area contributed by atoms with Gasteiger partial charge >= 0.3 is 0 Å². The minimum absolute atomic E-state index is 0.165. The summed E-state index contributed by atoms with van der Waals surface area (Å²) in [5, 5.41) is 7.94. The molecule has 6 heteroatoms. The van der Waals surface area contributed by atoms with Gasteiger partial charge in [0.25, 0.3) is 5.91 Å². The molecule has 0 spiro atoms. The average molecular weight is 326 g/mol. The number of benzene rings is 1. The number of aryl methyl sites for hydroxylation is 4. The van der Waals surface area contributed by atoms with Gasteiger partial charge in [-0.2, -0.15) is 5.10 Å². The molecule has 0 saturated heterocycles. The van der Waals surface area contributed by atoms with Crippen molar-refractivity contribution in [1.29, 1.82) is 0 Å². The normalized spacial score (nSPS) is 10.8. The first kappa shape index (κ1) is 15.4. The van der Waals surface area contributed by atoms with Crippen LogP contribution in [-0.2, 0) is 0 Å². The van der Waals surface area contributed by atoms with Gasteiger partial charge in [0.1, 0.15) is 0 Å². The van der Waals surface area contributed by atoms with Gasteiger partial charge in [-0.25, -0.2) is 9.67 Å². The molecular formula is C17H18N4OS. The van der Waals surface area contributed by atoms with Crippen LogP contribution in [0.2, 0.25) is 0 Å². The summed E-state index contributed by atoms with van der Waals surface area (Å²) in [6.45, 7) is 7.87. The molecule has 0 aliphatic heterocycles. The second-order valence-corrected chi connectivity index (χ2v) is 6.71. The molecule has 2 aromatic heterocycles. The van der Waals surface area contributed by atoms with Gasteiger partial charge in [-0.05, 0) is 52.0 Å². The fraction of sp³-hybridized carbons (Fsp3) is 0.235. The molecule has 5 nitrogen and oxygen atoms in total. The minimum Gasteiger partial charge on any atom is -0.298 e. The lowest BCUT2D eigenvalue weighted by Gasteiger charge is -2.07. The maximum Gasteiger partial charge on any atom is 0.257 e. The molecule has 1 amide bonds. The van der Waals surface area contributed by atoms with Gasteiger partial charge in [0.15, 0.2) is 5.13 Å². The van der Waals surface area contributed by atoms with E-state index in [0.717, 1.165) is 27.6 Å². The van der Waals surface area contributed by atoms with Crippen molar-refractivity contribution in [3.05, 3.63) is 57.9 Å². The Morgan fingerprint density at radius 3 is 2.57 bits per heavy atom. The molecule has 0 bridgehead atoms. The maximum absolute atomic E-state index is 12.4. The third-order valence-electron chi connectivity index (χ3n) is 3.61. The van der Waals surface area contributed by atoms with Gasteiger partial charge < -0.3 is 0 Å². The van der Waals surface area contributed by atoms with E-state index in [2.05, 4.69) is 15.4 Å². The van der Waals surface area contributed by atoms with Gasteiger partial charge in [-0.1, -0.05) is 6.07 Å². The smallest absolute Gasteiger partial charge is 0.257 e. The van der Waals surface area contributed by atoms with Crippen LogP contribution in [0.25, 0.3) is 5.69 Å². The number of hydrogen-bond donors (Lipinski definition) is 1. The SMILES string of the molecule is Cc1cc(C)n(-c2cccc(C(=O)Nc3nc(C)c(C)s3)c2)n1. The lowest BCUT2D eigenvalue weighted by molar-refractivity contribution is 0.102. The Morgan fingerprint density at radius 2 is 1.96 bits per heavy atom. The van der Waals surface area contributed by atoms with Crippen LogP contribution in [0.15, 0.2) is 30.3 Å². The van der Waals surface area contributed by atoms with Crippen LogP contribution in [-0.4, -0.2) is 20.7 Å². The van der Waals surface area contributed by atoms with E-state index >= 15 is 0 Å². The Kier molecular flexibility index (Phi) is 4.00. The Balaban J connectivity index is 1.87. The van der Waals surface area contributed by atoms with E-state index in [1.807, 2.05) is 56.6 Å². The van der Waals surface area contributed by atoms with E-state index in [4.69, 9.17) is 0 Å². The van der Waals surface area contributed by atoms with Crippen molar-refractivity contribution in [3.8, 4) is 5.69 Å². The maximum atomic E-state index is 12.4. The molecule has 1 aromatic carbocycles. The molecule has 1 N–H and O–H groups in total. The van der Waals surface area contributed by atoms with Gasteiger partial charge in [-0.3, -0.25) is 10.1 Å². The van der Waals surface area contributed by atoms with Crippen molar-refractivity contribution >= 4 is 22.4 Å². The molecule has 0 radical (unpaired) electrons. The predicted molar refractivity (Wildman–Crippen MR) is 92.6 cm³/mol. The third kappa shape index (κ3) is 3.17. The van der Waals surface area contributed by atoms with Crippen molar-refractivity contribution in [1.82, 2.24) is 14.8 Å². The number of amides is 1. The molecule has 0 aliphatic rings. The van der Waals surface area contributed by atoms with Crippen LogP contribution in [0.5, 0.6) is 0 Å². The summed E-state index contributed by atoms with van der Waals surface area (Å²) in [5.74, 6) is -0.165. The van der Waals surface area contributed by atoms with Crippen LogP contribution in [0.1, 0.15) is 32.3 Å². The summed E-state index contributed by atoms with van der Waals surface area (Å²) in [5.41, 5.74) is 4.38. The number of thiazole rings is 1. The van der Waals surface area contributed by atoms with Crippen LogP contribution < -0.4 is 5.32 Å². The molecule has 23 heavy (non-hydrogen) atoms. The summed E-state index contributed by atoms with van der Waals surface area (Å²) in [7, 11) is 0. The van der Waals surface area contributed by atoms with Gasteiger partial charge in [0.05, 0.1) is 17.1 Å². The highest BCUT2D eigenvalue weighted by atomic mass is 32.1. The molecule has 2 heterocycles. The van der Waals surface area contributed by atoms with Gasteiger partial charge in [0, 0.05) is 16.1 Å². The fourth-order valence-electron chi connectivity index (χ4n) is 2.36. The van der Waals surface area contributed by atoms with E-state index in [9.17, 15) is 4.79 Å². The zero-order valence-electron chi connectivity index (χ0n) is 13.5. The topological polar surface area (TPSA) is 59.8 Å². The van der Waals surface area contributed by atoms with Crippen LogP contribution in [0.3, 0.4) is 0 Å². The molecule has 3 rings (SSSR count). The van der Waals surface area contributed by atoms with E-state index in [0.29, 0.717) is 10.7 Å². The largest absolute Gasteiger partial charge is 0.298 e. The highest BCUT2D eigenvalue weighted by Crippen LogP contribution is 2.22. The zero-order valence-corrected chi connectivity index (χ0v) is 14.4. The minimum atomic E-state index is -0.165. The Bertz CT molecular complexity index is 859. The number of aromatic nitrogens is 3. The van der Waals surface area contributed by atoms with E-state index < -0.39 is 0 Å². The summed E-state index contributed by atoms with van der Waals surface area (Å²) < 4.78 is 1.84. The number of hydrogen-bond acceptors (Lipinski definition) is 4. The molecule has 0 unspecified atom stereocenters. The molecular weight excluding hydrogens is 308 g/mol. The standard InChI is InChI=1S/C17H18N4OS/c1-10-8-11(2)21(20-10)15-7-5-6-14(9-15)16(22)19-17-18-12(3)13(4)23-17/h5-9H,1-4H3,(H,18,19,22). The number of nitrogens with zero attached hydrogens (tertiary/aromatic N) is 3. The lowest BCUT2D eigenvalue weighted by atomic mass is 10.2. The molecule has 0 atom stereocenters. The Morgan fingerprint density at radius 1 is 1.17 bits per heavy atom. The first-order valence-corrected chi connectivity index (χ1v) is 8.15. The van der Waals surface area contributed by atoms with E-state index in [1.54, 1.807) is 6.07 Å². The van der Waals surface area contributed by atoms with Crippen LogP contribution >= 0.6 is 11.3 Å². The first-order valence-electron chi connectivity index (χ1n) is 7.33. The monoisotopic (exact) mass is 326 g/mol. The molecule has 3 aromatic rings. The van der Waals surface area contributed by atoms with Gasteiger partial charge in [-0.15, -0.1) is 11.3 Å².